The van der Waals surface area contributed by atoms with Gasteiger partial charge in [0.25, 0.3) is 0 Å². The third-order valence-electron chi connectivity index (χ3n) is 6.06. The molecule has 192 valence electrons. The fraction of sp³-hybridized carbons (Fsp3) is 0.538. The van der Waals surface area contributed by atoms with Gasteiger partial charge in [0.2, 0.25) is 15.9 Å². The molecule has 35 heavy (non-hydrogen) atoms. The van der Waals surface area contributed by atoms with E-state index in [0.717, 1.165) is 43.1 Å². The van der Waals surface area contributed by atoms with Gasteiger partial charge in [-0.2, -0.15) is 4.72 Å². The summed E-state index contributed by atoms with van der Waals surface area (Å²) in [5.74, 6) is -0.386. The Kier molecular flexibility index (Phi) is 8.77. The second-order valence-corrected chi connectivity index (χ2v) is 11.8. The van der Waals surface area contributed by atoms with Gasteiger partial charge in [-0.1, -0.05) is 49.6 Å². The fourth-order valence-corrected chi connectivity index (χ4v) is 5.77. The third kappa shape index (κ3) is 7.67. The number of alkyl carbamates (subject to hydrolysis) is 1. The van der Waals surface area contributed by atoms with Crippen LogP contribution in [0.3, 0.4) is 0 Å². The molecular weight excluding hydrogens is 466 g/mol. The smallest absolute Gasteiger partial charge is 0.407 e. The highest BCUT2D eigenvalue weighted by atomic mass is 32.2. The molecule has 2 aromatic rings. The van der Waals surface area contributed by atoms with E-state index in [2.05, 4.69) is 15.4 Å². The van der Waals surface area contributed by atoms with Crippen molar-refractivity contribution >= 4 is 32.8 Å². The second-order valence-electron chi connectivity index (χ2n) is 10.2. The zero-order valence-electron chi connectivity index (χ0n) is 21.0. The fourth-order valence-electron chi connectivity index (χ4n) is 4.33. The van der Waals surface area contributed by atoms with Gasteiger partial charge in [-0.25, -0.2) is 13.2 Å². The maximum absolute atomic E-state index is 13.4. The van der Waals surface area contributed by atoms with E-state index >= 15 is 0 Å². The monoisotopic (exact) mass is 503 g/mol. The Morgan fingerprint density at radius 2 is 1.69 bits per heavy atom. The molecule has 1 aliphatic rings. The second kappa shape index (κ2) is 11.4. The summed E-state index contributed by atoms with van der Waals surface area (Å²) in [6.07, 6.45) is 4.45. The number of fused-ring (bicyclic) bond motifs is 1. The number of nitrogens with one attached hydrogen (secondary N) is 3. The first-order valence-corrected chi connectivity index (χ1v) is 13.7. The molecule has 1 fully saturated rings. The molecule has 0 radical (unpaired) electrons. The summed E-state index contributed by atoms with van der Waals surface area (Å²) >= 11 is 0. The molecule has 0 spiro atoms. The predicted octanol–water partition coefficient (Wildman–Crippen LogP) is 4.16. The number of hydrogen-bond acceptors (Lipinski definition) is 5. The van der Waals surface area contributed by atoms with Gasteiger partial charge in [-0.15, -0.1) is 0 Å². The van der Waals surface area contributed by atoms with Gasteiger partial charge in [-0.05, 0) is 64.0 Å². The molecule has 0 aliphatic heterocycles. The highest BCUT2D eigenvalue weighted by Gasteiger charge is 2.29. The van der Waals surface area contributed by atoms with Crippen LogP contribution in [0.15, 0.2) is 41.3 Å². The number of amides is 2. The molecule has 0 heterocycles. The van der Waals surface area contributed by atoms with E-state index in [4.69, 9.17) is 4.74 Å². The van der Waals surface area contributed by atoms with E-state index in [1.54, 1.807) is 45.0 Å². The molecule has 3 rings (SSSR count). The largest absolute Gasteiger partial charge is 0.444 e. The standard InChI is InChI=1S/C26H37N3O5S/c1-18-14-15-23(21-13-9-8-12-20(18)21)35(32,33)29-22(16-17-27-25(31)34-26(2,3)4)24(30)28-19-10-6-5-7-11-19/h8-9,12-15,19,22,29H,5-7,10-11,16-17H2,1-4H3,(H,27,31)(H,28,30)/t22-/m0/s1. The lowest BCUT2D eigenvalue weighted by atomic mass is 9.95. The quantitative estimate of drug-likeness (QED) is 0.501. The van der Waals surface area contributed by atoms with E-state index in [1.165, 1.54) is 0 Å². The van der Waals surface area contributed by atoms with Crippen LogP contribution in [0.5, 0.6) is 0 Å². The van der Waals surface area contributed by atoms with Crippen LogP contribution in [0.2, 0.25) is 0 Å². The Balaban J connectivity index is 1.79. The van der Waals surface area contributed by atoms with E-state index in [-0.39, 0.29) is 29.8 Å². The van der Waals surface area contributed by atoms with E-state index in [9.17, 15) is 18.0 Å². The molecule has 0 bridgehead atoms. The van der Waals surface area contributed by atoms with E-state index < -0.39 is 27.8 Å². The lowest BCUT2D eigenvalue weighted by molar-refractivity contribution is -0.123. The summed E-state index contributed by atoms with van der Waals surface area (Å²) < 4.78 is 34.7. The van der Waals surface area contributed by atoms with Crippen LogP contribution in [0.25, 0.3) is 10.8 Å². The number of carbonyl (C=O) groups is 2. The molecule has 0 saturated heterocycles. The van der Waals surface area contributed by atoms with E-state index in [0.29, 0.717) is 5.39 Å². The zero-order chi connectivity index (χ0) is 25.6. The van der Waals surface area contributed by atoms with Crippen LogP contribution in [-0.4, -0.2) is 44.6 Å². The number of aryl methyl sites for hydroxylation is 1. The molecule has 2 amide bonds. The summed E-state index contributed by atoms with van der Waals surface area (Å²) in [5.41, 5.74) is 0.309. The molecule has 3 N–H and O–H groups in total. The van der Waals surface area contributed by atoms with Gasteiger partial charge < -0.3 is 15.4 Å². The first-order valence-electron chi connectivity index (χ1n) is 12.2. The Labute approximate surface area is 208 Å². The number of hydrogen-bond donors (Lipinski definition) is 3. The van der Waals surface area contributed by atoms with Crippen LogP contribution in [0.4, 0.5) is 4.79 Å². The first kappa shape index (κ1) is 26.9. The maximum Gasteiger partial charge on any atom is 0.407 e. The lowest BCUT2D eigenvalue weighted by Gasteiger charge is -2.26. The molecule has 1 atom stereocenters. The minimum absolute atomic E-state index is 0.0299. The molecule has 2 aromatic carbocycles. The van der Waals surface area contributed by atoms with Crippen molar-refractivity contribution in [2.24, 2.45) is 0 Å². The topological polar surface area (TPSA) is 114 Å². The summed E-state index contributed by atoms with van der Waals surface area (Å²) in [5, 5.41) is 7.05. The number of ether oxygens (including phenoxy) is 1. The van der Waals surface area contributed by atoms with Crippen molar-refractivity contribution in [3.63, 3.8) is 0 Å². The number of sulfonamides is 1. The van der Waals surface area contributed by atoms with Gasteiger partial charge in [0.15, 0.2) is 0 Å². The van der Waals surface area contributed by atoms with Crippen molar-refractivity contribution in [1.82, 2.24) is 15.4 Å². The summed E-state index contributed by atoms with van der Waals surface area (Å²) in [6, 6.07) is 9.60. The Hall–Kier alpha value is -2.65. The molecular formula is C26H37N3O5S. The minimum Gasteiger partial charge on any atom is -0.444 e. The van der Waals surface area contributed by atoms with Crippen LogP contribution in [0.1, 0.15) is 64.9 Å². The summed E-state index contributed by atoms with van der Waals surface area (Å²) in [4.78, 5) is 25.3. The van der Waals surface area contributed by atoms with Gasteiger partial charge in [0, 0.05) is 18.0 Å². The number of benzene rings is 2. The highest BCUT2D eigenvalue weighted by Crippen LogP contribution is 2.26. The van der Waals surface area contributed by atoms with Crippen molar-refractivity contribution < 1.29 is 22.7 Å². The Bertz CT molecular complexity index is 1150. The number of rotatable bonds is 8. The lowest BCUT2D eigenvalue weighted by Crippen LogP contribution is -2.51. The molecule has 0 aromatic heterocycles. The van der Waals surface area contributed by atoms with Crippen LogP contribution in [0, 0.1) is 6.92 Å². The van der Waals surface area contributed by atoms with Gasteiger partial charge in [0.1, 0.15) is 11.6 Å². The molecule has 0 unspecified atom stereocenters. The Morgan fingerprint density at radius 1 is 1.03 bits per heavy atom. The third-order valence-corrected chi connectivity index (χ3v) is 7.59. The first-order chi connectivity index (χ1) is 16.5. The highest BCUT2D eigenvalue weighted by molar-refractivity contribution is 7.89. The normalized spacial score (nSPS) is 16.0. The van der Waals surface area contributed by atoms with Gasteiger partial charge in [-0.3, -0.25) is 4.79 Å². The van der Waals surface area contributed by atoms with Crippen molar-refractivity contribution in [2.75, 3.05) is 6.54 Å². The molecule has 1 saturated carbocycles. The molecule has 9 heteroatoms. The maximum atomic E-state index is 13.4. The zero-order valence-corrected chi connectivity index (χ0v) is 21.8. The Morgan fingerprint density at radius 3 is 2.34 bits per heavy atom. The van der Waals surface area contributed by atoms with E-state index in [1.807, 2.05) is 19.1 Å². The SMILES string of the molecule is Cc1ccc(S(=O)(=O)N[C@@H](CCNC(=O)OC(C)(C)C)C(=O)NC2CCCCC2)c2ccccc12. The minimum atomic E-state index is -4.02. The van der Waals surface area contributed by atoms with Crippen molar-refractivity contribution in [3.05, 3.63) is 42.0 Å². The summed E-state index contributed by atoms with van der Waals surface area (Å²) in [6.45, 7) is 7.27. The van der Waals surface area contributed by atoms with Crippen LogP contribution < -0.4 is 15.4 Å². The van der Waals surface area contributed by atoms with Crippen LogP contribution in [-0.2, 0) is 19.6 Å². The van der Waals surface area contributed by atoms with Gasteiger partial charge in [0.05, 0.1) is 4.90 Å². The van der Waals surface area contributed by atoms with Crippen LogP contribution >= 0.6 is 0 Å². The molecule has 1 aliphatic carbocycles. The summed E-state index contributed by atoms with van der Waals surface area (Å²) in [7, 11) is -4.02. The molecule has 8 nitrogen and oxygen atoms in total. The number of carbonyl (C=O) groups excluding carboxylic acids is 2. The predicted molar refractivity (Wildman–Crippen MR) is 137 cm³/mol. The van der Waals surface area contributed by atoms with Crippen molar-refractivity contribution in [3.8, 4) is 0 Å². The average Bonchev–Trinajstić information content (AvgIpc) is 2.78. The van der Waals surface area contributed by atoms with Gasteiger partial charge >= 0.3 is 6.09 Å². The average molecular weight is 504 g/mol. The van der Waals surface area contributed by atoms with Crippen molar-refractivity contribution in [2.45, 2.75) is 88.8 Å². The van der Waals surface area contributed by atoms with Crippen molar-refractivity contribution in [1.29, 1.82) is 0 Å².